The van der Waals surface area contributed by atoms with E-state index in [0.29, 0.717) is 25.3 Å². The van der Waals surface area contributed by atoms with Gasteiger partial charge in [-0.1, -0.05) is 6.07 Å². The van der Waals surface area contributed by atoms with E-state index in [1.165, 1.54) is 7.11 Å². The smallest absolute Gasteiger partial charge is 0.223 e. The molecule has 5 heteroatoms. The van der Waals surface area contributed by atoms with Crippen molar-refractivity contribution in [3.05, 3.63) is 23.8 Å². The Kier molecular flexibility index (Phi) is 6.03. The first-order valence-electron chi connectivity index (χ1n) is 7.08. The molecule has 21 heavy (non-hydrogen) atoms. The average Bonchev–Trinajstić information content (AvgIpc) is 2.39. The SMILES string of the molecule is COc1cc(CN(C)C(=O)CCNC(C)(C)C)ccc1O. The zero-order valence-corrected chi connectivity index (χ0v) is 13.6. The van der Waals surface area contributed by atoms with Crippen molar-refractivity contribution < 1.29 is 14.6 Å². The van der Waals surface area contributed by atoms with E-state index in [0.717, 1.165) is 5.56 Å². The molecule has 0 aliphatic heterocycles. The molecule has 0 saturated carbocycles. The molecule has 1 rings (SSSR count). The van der Waals surface area contributed by atoms with Crippen LogP contribution < -0.4 is 10.1 Å². The Morgan fingerprint density at radius 1 is 1.38 bits per heavy atom. The Hall–Kier alpha value is -1.75. The maximum absolute atomic E-state index is 12.1. The molecule has 0 aliphatic rings. The molecule has 0 unspecified atom stereocenters. The van der Waals surface area contributed by atoms with Gasteiger partial charge in [0, 0.05) is 32.1 Å². The summed E-state index contributed by atoms with van der Waals surface area (Å²) in [5, 5.41) is 12.9. The number of methoxy groups -OCH3 is 1. The third-order valence-electron chi connectivity index (χ3n) is 3.08. The van der Waals surface area contributed by atoms with Crippen LogP contribution >= 0.6 is 0 Å². The molecule has 1 aromatic rings. The van der Waals surface area contributed by atoms with Crippen molar-refractivity contribution in [3.8, 4) is 11.5 Å². The number of phenols is 1. The monoisotopic (exact) mass is 294 g/mol. The van der Waals surface area contributed by atoms with Gasteiger partial charge in [0.05, 0.1) is 7.11 Å². The zero-order valence-electron chi connectivity index (χ0n) is 13.6. The van der Waals surface area contributed by atoms with E-state index in [4.69, 9.17) is 4.74 Å². The normalized spacial score (nSPS) is 11.3. The number of carbonyl (C=O) groups excluding carboxylic acids is 1. The van der Waals surface area contributed by atoms with Gasteiger partial charge < -0.3 is 20.1 Å². The van der Waals surface area contributed by atoms with Gasteiger partial charge in [0.1, 0.15) is 0 Å². The molecular formula is C16H26N2O3. The lowest BCUT2D eigenvalue weighted by molar-refractivity contribution is -0.130. The third kappa shape index (κ3) is 6.04. The number of amides is 1. The van der Waals surface area contributed by atoms with Gasteiger partial charge in [0.2, 0.25) is 5.91 Å². The van der Waals surface area contributed by atoms with E-state index in [9.17, 15) is 9.90 Å². The number of hydrogen-bond donors (Lipinski definition) is 2. The standard InChI is InChI=1S/C16H26N2O3/c1-16(2,3)17-9-8-15(20)18(4)11-12-6-7-13(19)14(10-12)21-5/h6-7,10,17,19H,8-9,11H2,1-5H3. The van der Waals surface area contributed by atoms with Crippen molar-refractivity contribution in [2.45, 2.75) is 39.3 Å². The van der Waals surface area contributed by atoms with Crippen molar-refractivity contribution >= 4 is 5.91 Å². The second-order valence-electron chi connectivity index (χ2n) is 6.18. The first-order chi connectivity index (χ1) is 9.73. The zero-order chi connectivity index (χ0) is 16.0. The van der Waals surface area contributed by atoms with Crippen LogP contribution in [0.1, 0.15) is 32.8 Å². The number of carbonyl (C=O) groups is 1. The lowest BCUT2D eigenvalue weighted by Crippen LogP contribution is -2.38. The van der Waals surface area contributed by atoms with Gasteiger partial charge in [-0.2, -0.15) is 0 Å². The lowest BCUT2D eigenvalue weighted by Gasteiger charge is -2.22. The highest BCUT2D eigenvalue weighted by atomic mass is 16.5. The maximum atomic E-state index is 12.1. The maximum Gasteiger partial charge on any atom is 0.223 e. The van der Waals surface area contributed by atoms with Crippen molar-refractivity contribution in [2.24, 2.45) is 0 Å². The largest absolute Gasteiger partial charge is 0.504 e. The summed E-state index contributed by atoms with van der Waals surface area (Å²) >= 11 is 0. The predicted octanol–water partition coefficient (Wildman–Crippen LogP) is 2.14. The summed E-state index contributed by atoms with van der Waals surface area (Å²) < 4.78 is 5.07. The number of ether oxygens (including phenoxy) is 1. The number of aromatic hydroxyl groups is 1. The van der Waals surface area contributed by atoms with E-state index in [1.807, 2.05) is 0 Å². The number of hydrogen-bond acceptors (Lipinski definition) is 4. The fraction of sp³-hybridized carbons (Fsp3) is 0.562. The fourth-order valence-electron chi connectivity index (χ4n) is 1.92. The fourth-order valence-corrected chi connectivity index (χ4v) is 1.92. The van der Waals surface area contributed by atoms with Gasteiger partial charge in [0.25, 0.3) is 0 Å². The predicted molar refractivity (Wildman–Crippen MR) is 83.5 cm³/mol. The van der Waals surface area contributed by atoms with Crippen molar-refractivity contribution in [1.29, 1.82) is 0 Å². The summed E-state index contributed by atoms with van der Waals surface area (Å²) in [5.41, 5.74) is 0.938. The van der Waals surface area contributed by atoms with E-state index in [-0.39, 0.29) is 17.2 Å². The van der Waals surface area contributed by atoms with Gasteiger partial charge in [-0.15, -0.1) is 0 Å². The summed E-state index contributed by atoms with van der Waals surface area (Å²) in [7, 11) is 3.28. The number of nitrogens with zero attached hydrogens (tertiary/aromatic N) is 1. The first-order valence-corrected chi connectivity index (χ1v) is 7.08. The van der Waals surface area contributed by atoms with Gasteiger partial charge in [-0.05, 0) is 38.5 Å². The highest BCUT2D eigenvalue weighted by molar-refractivity contribution is 5.76. The van der Waals surface area contributed by atoms with Gasteiger partial charge >= 0.3 is 0 Å². The average molecular weight is 294 g/mol. The van der Waals surface area contributed by atoms with E-state index < -0.39 is 0 Å². The molecule has 0 bridgehead atoms. The molecule has 0 fully saturated rings. The highest BCUT2D eigenvalue weighted by Gasteiger charge is 2.13. The Labute approximate surface area is 126 Å². The lowest BCUT2D eigenvalue weighted by atomic mass is 10.1. The van der Waals surface area contributed by atoms with Crippen LogP contribution in [-0.2, 0) is 11.3 Å². The Morgan fingerprint density at radius 2 is 2.05 bits per heavy atom. The number of benzene rings is 1. The molecule has 5 nitrogen and oxygen atoms in total. The number of rotatable bonds is 6. The van der Waals surface area contributed by atoms with E-state index >= 15 is 0 Å². The molecule has 118 valence electrons. The molecular weight excluding hydrogens is 268 g/mol. The second-order valence-corrected chi connectivity index (χ2v) is 6.18. The Balaban J connectivity index is 2.52. The first kappa shape index (κ1) is 17.3. The molecule has 2 N–H and O–H groups in total. The third-order valence-corrected chi connectivity index (χ3v) is 3.08. The second kappa shape index (κ2) is 7.31. The van der Waals surface area contributed by atoms with Crippen LogP contribution in [0.3, 0.4) is 0 Å². The van der Waals surface area contributed by atoms with Crippen molar-refractivity contribution in [3.63, 3.8) is 0 Å². The topological polar surface area (TPSA) is 61.8 Å². The minimum absolute atomic E-state index is 0.0170. The Morgan fingerprint density at radius 3 is 2.62 bits per heavy atom. The minimum Gasteiger partial charge on any atom is -0.504 e. The van der Waals surface area contributed by atoms with Crippen LogP contribution in [0.15, 0.2) is 18.2 Å². The van der Waals surface area contributed by atoms with Gasteiger partial charge in [0.15, 0.2) is 11.5 Å². The molecule has 0 atom stereocenters. The summed E-state index contributed by atoms with van der Waals surface area (Å²) in [6.45, 7) is 7.37. The van der Waals surface area contributed by atoms with Crippen molar-refractivity contribution in [2.75, 3.05) is 20.7 Å². The summed E-state index contributed by atoms with van der Waals surface area (Å²) in [6.07, 6.45) is 0.461. The van der Waals surface area contributed by atoms with Crippen LogP contribution in [0, 0.1) is 0 Å². The molecule has 1 aromatic carbocycles. The molecule has 0 radical (unpaired) electrons. The van der Waals surface area contributed by atoms with Gasteiger partial charge in [-0.25, -0.2) is 0 Å². The van der Waals surface area contributed by atoms with E-state index in [2.05, 4.69) is 26.1 Å². The number of phenolic OH excluding ortho intramolecular Hbond substituents is 1. The highest BCUT2D eigenvalue weighted by Crippen LogP contribution is 2.26. The molecule has 0 spiro atoms. The van der Waals surface area contributed by atoms with Crippen LogP contribution in [0.5, 0.6) is 11.5 Å². The molecule has 0 saturated heterocycles. The van der Waals surface area contributed by atoms with Crippen LogP contribution in [-0.4, -0.2) is 42.2 Å². The summed E-state index contributed by atoms with van der Waals surface area (Å²) in [4.78, 5) is 13.7. The molecule has 1 amide bonds. The number of nitrogens with one attached hydrogen (secondary N) is 1. The van der Waals surface area contributed by atoms with E-state index in [1.54, 1.807) is 30.1 Å². The minimum atomic E-state index is 0.0170. The Bertz CT molecular complexity index is 481. The molecule has 0 aromatic heterocycles. The van der Waals surface area contributed by atoms with Crippen molar-refractivity contribution in [1.82, 2.24) is 10.2 Å². The van der Waals surface area contributed by atoms with Crippen LogP contribution in [0.25, 0.3) is 0 Å². The summed E-state index contributed by atoms with van der Waals surface area (Å²) in [5.74, 6) is 0.603. The van der Waals surface area contributed by atoms with Crippen LogP contribution in [0.4, 0.5) is 0 Å². The van der Waals surface area contributed by atoms with Crippen LogP contribution in [0.2, 0.25) is 0 Å². The quantitative estimate of drug-likeness (QED) is 0.844. The molecule has 0 heterocycles. The summed E-state index contributed by atoms with van der Waals surface area (Å²) in [6, 6.07) is 5.11. The van der Waals surface area contributed by atoms with Gasteiger partial charge in [-0.3, -0.25) is 4.79 Å². The molecule has 0 aliphatic carbocycles.